The predicted octanol–water partition coefficient (Wildman–Crippen LogP) is 1.59. The van der Waals surface area contributed by atoms with Crippen molar-refractivity contribution in [3.05, 3.63) is 29.6 Å². The lowest BCUT2D eigenvalue weighted by Crippen LogP contribution is -2.43. The second-order valence-corrected chi connectivity index (χ2v) is 8.51. The van der Waals surface area contributed by atoms with Crippen LogP contribution in [0.5, 0.6) is 0 Å². The molecule has 1 aliphatic heterocycles. The Morgan fingerprint density at radius 1 is 1.45 bits per heavy atom. The van der Waals surface area contributed by atoms with E-state index in [0.29, 0.717) is 11.5 Å². The number of hydrogen-bond acceptors (Lipinski definition) is 4. The van der Waals surface area contributed by atoms with Crippen molar-refractivity contribution in [3.8, 4) is 0 Å². The first-order chi connectivity index (χ1) is 9.51. The van der Waals surface area contributed by atoms with Crippen LogP contribution in [0.1, 0.15) is 36.9 Å². The van der Waals surface area contributed by atoms with Gasteiger partial charge in [0.2, 0.25) is 0 Å². The summed E-state index contributed by atoms with van der Waals surface area (Å²) in [5, 5.41) is 3.49. The molecule has 0 aromatic carbocycles. The molecule has 1 aliphatic carbocycles. The average Bonchev–Trinajstić information content (AvgIpc) is 3.17. The van der Waals surface area contributed by atoms with Gasteiger partial charge in [-0.1, -0.05) is 6.07 Å². The van der Waals surface area contributed by atoms with Crippen molar-refractivity contribution in [2.45, 2.75) is 44.1 Å². The van der Waals surface area contributed by atoms with E-state index in [1.54, 1.807) is 0 Å². The Bertz CT molecular complexity index is 594. The van der Waals surface area contributed by atoms with E-state index in [4.69, 9.17) is 0 Å². The van der Waals surface area contributed by atoms with Crippen molar-refractivity contribution < 1.29 is 8.42 Å². The molecule has 1 aromatic heterocycles. The lowest BCUT2D eigenvalue weighted by molar-refractivity contribution is 0.449. The van der Waals surface area contributed by atoms with Crippen LogP contribution in [0.25, 0.3) is 0 Å². The number of aromatic nitrogens is 1. The third-order valence-corrected chi connectivity index (χ3v) is 6.38. The fourth-order valence-electron chi connectivity index (χ4n) is 3.21. The van der Waals surface area contributed by atoms with Crippen LogP contribution in [0.3, 0.4) is 0 Å². The largest absolute Gasteiger partial charge is 0.312 e. The van der Waals surface area contributed by atoms with Gasteiger partial charge in [0, 0.05) is 24.2 Å². The van der Waals surface area contributed by atoms with Crippen LogP contribution < -0.4 is 5.32 Å². The topological polar surface area (TPSA) is 59.1 Å². The maximum Gasteiger partial charge on any atom is 0.151 e. The monoisotopic (exact) mass is 294 g/mol. The average molecular weight is 294 g/mol. The Balaban J connectivity index is 1.65. The van der Waals surface area contributed by atoms with E-state index in [2.05, 4.69) is 23.3 Å². The molecule has 0 radical (unpaired) electrons. The molecular formula is C15H22N2O2S. The normalized spacial score (nSPS) is 27.1. The number of nitrogens with zero attached hydrogens (tertiary/aromatic N) is 1. The van der Waals surface area contributed by atoms with Gasteiger partial charge in [-0.2, -0.15) is 0 Å². The second kappa shape index (κ2) is 5.11. The van der Waals surface area contributed by atoms with Gasteiger partial charge in [0.1, 0.15) is 0 Å². The molecule has 5 heteroatoms. The number of pyridine rings is 1. The van der Waals surface area contributed by atoms with Crippen molar-refractivity contribution in [1.82, 2.24) is 10.3 Å². The van der Waals surface area contributed by atoms with Gasteiger partial charge in [-0.3, -0.25) is 4.98 Å². The fourth-order valence-corrected chi connectivity index (χ4v) is 4.88. The number of rotatable bonds is 4. The van der Waals surface area contributed by atoms with Crippen molar-refractivity contribution >= 4 is 9.84 Å². The minimum absolute atomic E-state index is 0.121. The molecular weight excluding hydrogens is 272 g/mol. The molecule has 110 valence electrons. The van der Waals surface area contributed by atoms with E-state index < -0.39 is 9.84 Å². The third kappa shape index (κ3) is 2.88. The van der Waals surface area contributed by atoms with Gasteiger partial charge >= 0.3 is 0 Å². The number of hydrogen-bond donors (Lipinski definition) is 1. The maximum absolute atomic E-state index is 11.7. The fraction of sp³-hybridized carbons (Fsp3) is 0.667. The lowest BCUT2D eigenvalue weighted by Gasteiger charge is -2.26. The van der Waals surface area contributed by atoms with E-state index in [1.807, 2.05) is 12.3 Å². The molecule has 1 unspecified atom stereocenters. The lowest BCUT2D eigenvalue weighted by atomic mass is 9.97. The highest BCUT2D eigenvalue weighted by atomic mass is 32.2. The minimum Gasteiger partial charge on any atom is -0.312 e. The molecule has 1 N–H and O–H groups in total. The van der Waals surface area contributed by atoms with Gasteiger partial charge in [0.25, 0.3) is 0 Å². The van der Waals surface area contributed by atoms with Crippen molar-refractivity contribution in [2.24, 2.45) is 0 Å². The van der Waals surface area contributed by atoms with Gasteiger partial charge in [0.15, 0.2) is 9.84 Å². The Kier molecular flexibility index (Phi) is 3.58. The van der Waals surface area contributed by atoms with Crippen LogP contribution in [-0.4, -0.2) is 37.5 Å². The van der Waals surface area contributed by atoms with E-state index in [9.17, 15) is 8.42 Å². The molecule has 4 nitrogen and oxygen atoms in total. The first-order valence-electron chi connectivity index (χ1n) is 7.37. The van der Waals surface area contributed by atoms with E-state index >= 15 is 0 Å². The first-order valence-corrected chi connectivity index (χ1v) is 9.19. The zero-order chi connectivity index (χ0) is 14.2. The number of aryl methyl sites for hydroxylation is 1. The van der Waals surface area contributed by atoms with Crippen molar-refractivity contribution in [3.63, 3.8) is 0 Å². The molecule has 2 aliphatic rings. The highest BCUT2D eigenvalue weighted by Gasteiger charge is 2.46. The quantitative estimate of drug-likeness (QED) is 0.916. The van der Waals surface area contributed by atoms with Gasteiger partial charge in [0.05, 0.1) is 17.2 Å². The van der Waals surface area contributed by atoms with E-state index in [1.165, 1.54) is 11.3 Å². The van der Waals surface area contributed by atoms with Crippen LogP contribution >= 0.6 is 0 Å². The van der Waals surface area contributed by atoms with Crippen molar-refractivity contribution in [2.75, 3.05) is 18.1 Å². The summed E-state index contributed by atoms with van der Waals surface area (Å²) >= 11 is 0. The summed E-state index contributed by atoms with van der Waals surface area (Å²) in [7, 11) is -2.83. The molecule has 20 heavy (non-hydrogen) atoms. The molecule has 1 aromatic rings. The Labute approximate surface area is 120 Å². The molecule has 0 amide bonds. The zero-order valence-electron chi connectivity index (χ0n) is 11.9. The van der Waals surface area contributed by atoms with Crippen LogP contribution in [0.2, 0.25) is 0 Å². The van der Waals surface area contributed by atoms with Crippen LogP contribution in [0.15, 0.2) is 18.3 Å². The SMILES string of the molecule is Cc1cccnc1C1(CNC2CCCS(=O)(=O)C2)CC1. The summed E-state index contributed by atoms with van der Waals surface area (Å²) in [6.07, 6.45) is 5.91. The van der Waals surface area contributed by atoms with Crippen LogP contribution in [0.4, 0.5) is 0 Å². The van der Waals surface area contributed by atoms with Gasteiger partial charge in [-0.15, -0.1) is 0 Å². The summed E-state index contributed by atoms with van der Waals surface area (Å²) in [6, 6.07) is 4.19. The highest BCUT2D eigenvalue weighted by molar-refractivity contribution is 7.91. The number of sulfone groups is 1. The smallest absolute Gasteiger partial charge is 0.151 e. The van der Waals surface area contributed by atoms with Gasteiger partial charge in [-0.05, 0) is 44.2 Å². The second-order valence-electron chi connectivity index (χ2n) is 6.28. The van der Waals surface area contributed by atoms with Crippen LogP contribution in [-0.2, 0) is 15.3 Å². The molecule has 1 saturated heterocycles. The summed E-state index contributed by atoms with van der Waals surface area (Å²) in [5.74, 6) is 0.653. The predicted molar refractivity (Wildman–Crippen MR) is 79.6 cm³/mol. The number of nitrogens with one attached hydrogen (secondary N) is 1. The Hall–Kier alpha value is -0.940. The third-order valence-electron chi connectivity index (χ3n) is 4.56. The standard InChI is InChI=1S/C15H22N2O2S/c1-12-4-2-8-16-14(12)15(6-7-15)11-17-13-5-3-9-20(18,19)10-13/h2,4,8,13,17H,3,5-7,9-11H2,1H3. The van der Waals surface area contributed by atoms with E-state index in [0.717, 1.165) is 32.2 Å². The van der Waals surface area contributed by atoms with Crippen molar-refractivity contribution in [1.29, 1.82) is 0 Å². The molecule has 1 atom stereocenters. The molecule has 0 spiro atoms. The summed E-state index contributed by atoms with van der Waals surface area (Å²) in [6.45, 7) is 2.96. The molecule has 3 rings (SSSR count). The summed E-state index contributed by atoms with van der Waals surface area (Å²) < 4.78 is 23.3. The molecule has 2 heterocycles. The Morgan fingerprint density at radius 3 is 2.90 bits per heavy atom. The highest BCUT2D eigenvalue weighted by Crippen LogP contribution is 2.47. The van der Waals surface area contributed by atoms with Crippen LogP contribution in [0, 0.1) is 6.92 Å². The molecule has 0 bridgehead atoms. The molecule has 1 saturated carbocycles. The zero-order valence-corrected chi connectivity index (χ0v) is 12.7. The van der Waals surface area contributed by atoms with Gasteiger partial charge < -0.3 is 5.32 Å². The summed E-state index contributed by atoms with van der Waals surface area (Å²) in [5.41, 5.74) is 2.57. The van der Waals surface area contributed by atoms with Gasteiger partial charge in [-0.25, -0.2) is 8.42 Å². The molecule has 2 fully saturated rings. The minimum atomic E-state index is -2.83. The maximum atomic E-state index is 11.7. The Morgan fingerprint density at radius 2 is 2.25 bits per heavy atom. The first kappa shape index (κ1) is 14.0. The van der Waals surface area contributed by atoms with E-state index in [-0.39, 0.29) is 11.5 Å². The summed E-state index contributed by atoms with van der Waals surface area (Å²) in [4.78, 5) is 4.55.